The molecule has 0 unspecified atom stereocenters. The van der Waals surface area contributed by atoms with Crippen LogP contribution in [0.4, 0.5) is 8.78 Å². The minimum atomic E-state index is -0.886. The Morgan fingerprint density at radius 3 is 2.84 bits per heavy atom. The van der Waals surface area contributed by atoms with Crippen LogP contribution in [0, 0.1) is 11.6 Å². The van der Waals surface area contributed by atoms with Crippen molar-refractivity contribution in [2.45, 2.75) is 19.8 Å². The van der Waals surface area contributed by atoms with Crippen LogP contribution in [-0.2, 0) is 6.42 Å². The van der Waals surface area contributed by atoms with E-state index in [4.69, 9.17) is 4.42 Å². The van der Waals surface area contributed by atoms with Crippen molar-refractivity contribution in [2.75, 3.05) is 13.1 Å². The zero-order valence-electron chi connectivity index (χ0n) is 10.7. The van der Waals surface area contributed by atoms with Crippen LogP contribution in [0.3, 0.4) is 0 Å². The van der Waals surface area contributed by atoms with Crippen LogP contribution in [0.5, 0.6) is 0 Å². The second-order valence-corrected chi connectivity index (χ2v) is 4.20. The van der Waals surface area contributed by atoms with Crippen molar-refractivity contribution in [3.05, 3.63) is 41.9 Å². The highest BCUT2D eigenvalue weighted by Crippen LogP contribution is 2.22. The highest BCUT2D eigenvalue weighted by Gasteiger charge is 2.09. The number of hydrogen-bond acceptors (Lipinski definition) is 3. The largest absolute Gasteiger partial charge is 0.441 e. The minimum Gasteiger partial charge on any atom is -0.441 e. The van der Waals surface area contributed by atoms with Gasteiger partial charge in [0.15, 0.2) is 23.3 Å². The number of benzene rings is 1. The van der Waals surface area contributed by atoms with Crippen LogP contribution < -0.4 is 5.32 Å². The lowest BCUT2D eigenvalue weighted by Crippen LogP contribution is -2.14. The molecular formula is C14H16F2N2O. The van der Waals surface area contributed by atoms with Gasteiger partial charge in [-0.05, 0) is 37.7 Å². The van der Waals surface area contributed by atoms with Gasteiger partial charge in [-0.15, -0.1) is 0 Å². The normalized spacial score (nSPS) is 10.9. The van der Waals surface area contributed by atoms with E-state index in [-0.39, 0.29) is 0 Å². The lowest BCUT2D eigenvalue weighted by molar-refractivity contribution is 0.490. The average molecular weight is 266 g/mol. The summed E-state index contributed by atoms with van der Waals surface area (Å²) in [5, 5.41) is 3.21. The number of oxazole rings is 1. The van der Waals surface area contributed by atoms with E-state index in [1.807, 2.05) is 6.92 Å². The molecule has 102 valence electrons. The SMILES string of the molecule is CCNCCCc1ncc(-c2ccc(F)c(F)c2)o1. The molecule has 0 saturated carbocycles. The molecule has 0 fully saturated rings. The first-order chi connectivity index (χ1) is 9.20. The molecule has 0 amide bonds. The van der Waals surface area contributed by atoms with Gasteiger partial charge < -0.3 is 9.73 Å². The minimum absolute atomic E-state index is 0.456. The molecule has 5 heteroatoms. The molecule has 3 nitrogen and oxygen atoms in total. The van der Waals surface area contributed by atoms with Crippen molar-refractivity contribution in [1.29, 1.82) is 0 Å². The number of nitrogens with one attached hydrogen (secondary N) is 1. The van der Waals surface area contributed by atoms with Crippen molar-refractivity contribution in [3.8, 4) is 11.3 Å². The predicted octanol–water partition coefficient (Wildman–Crippen LogP) is 3.16. The molecule has 0 spiro atoms. The van der Waals surface area contributed by atoms with E-state index in [1.54, 1.807) is 0 Å². The Balaban J connectivity index is 2.01. The fourth-order valence-corrected chi connectivity index (χ4v) is 1.75. The number of halogens is 2. The van der Waals surface area contributed by atoms with Gasteiger partial charge in [-0.25, -0.2) is 13.8 Å². The van der Waals surface area contributed by atoms with Gasteiger partial charge in [0.1, 0.15) is 0 Å². The predicted molar refractivity (Wildman–Crippen MR) is 68.7 cm³/mol. The van der Waals surface area contributed by atoms with E-state index in [0.29, 0.717) is 17.2 Å². The smallest absolute Gasteiger partial charge is 0.194 e. The van der Waals surface area contributed by atoms with Gasteiger partial charge in [0.05, 0.1) is 6.20 Å². The summed E-state index contributed by atoms with van der Waals surface area (Å²) in [6, 6.07) is 3.66. The summed E-state index contributed by atoms with van der Waals surface area (Å²) in [4.78, 5) is 4.13. The fraction of sp³-hybridized carbons (Fsp3) is 0.357. The van der Waals surface area contributed by atoms with Crippen LogP contribution in [0.25, 0.3) is 11.3 Å². The topological polar surface area (TPSA) is 38.1 Å². The highest BCUT2D eigenvalue weighted by molar-refractivity contribution is 5.56. The molecule has 1 aromatic heterocycles. The van der Waals surface area contributed by atoms with E-state index >= 15 is 0 Å². The van der Waals surface area contributed by atoms with Gasteiger partial charge in [-0.2, -0.15) is 0 Å². The number of aromatic nitrogens is 1. The molecule has 0 aliphatic carbocycles. The molecule has 0 saturated heterocycles. The van der Waals surface area contributed by atoms with Crippen LogP contribution >= 0.6 is 0 Å². The summed E-state index contributed by atoms with van der Waals surface area (Å²) in [5.74, 6) is -0.688. The summed E-state index contributed by atoms with van der Waals surface area (Å²) in [6.07, 6.45) is 3.18. The average Bonchev–Trinajstić information content (AvgIpc) is 2.87. The molecule has 1 heterocycles. The van der Waals surface area contributed by atoms with E-state index in [2.05, 4.69) is 10.3 Å². The van der Waals surface area contributed by atoms with Crippen LogP contribution in [0.2, 0.25) is 0 Å². The maximum Gasteiger partial charge on any atom is 0.194 e. The molecule has 0 bridgehead atoms. The van der Waals surface area contributed by atoms with Gasteiger partial charge in [-0.1, -0.05) is 6.92 Å². The van der Waals surface area contributed by atoms with Gasteiger partial charge >= 0.3 is 0 Å². The van der Waals surface area contributed by atoms with Crippen molar-refractivity contribution in [2.24, 2.45) is 0 Å². The van der Waals surface area contributed by atoms with Gasteiger partial charge in [0.25, 0.3) is 0 Å². The van der Waals surface area contributed by atoms with Crippen molar-refractivity contribution >= 4 is 0 Å². The maximum atomic E-state index is 13.1. The van der Waals surface area contributed by atoms with E-state index in [1.165, 1.54) is 12.3 Å². The lowest BCUT2D eigenvalue weighted by Gasteiger charge is -1.99. The zero-order valence-corrected chi connectivity index (χ0v) is 10.7. The van der Waals surface area contributed by atoms with Crippen molar-refractivity contribution < 1.29 is 13.2 Å². The summed E-state index contributed by atoms with van der Waals surface area (Å²) >= 11 is 0. The van der Waals surface area contributed by atoms with Crippen LogP contribution in [-0.4, -0.2) is 18.1 Å². The summed E-state index contributed by atoms with van der Waals surface area (Å²) in [7, 11) is 0. The molecular weight excluding hydrogens is 250 g/mol. The number of hydrogen-bond donors (Lipinski definition) is 1. The summed E-state index contributed by atoms with van der Waals surface area (Å²) in [6.45, 7) is 3.89. The van der Waals surface area contributed by atoms with Gasteiger partial charge in [0, 0.05) is 12.0 Å². The Hall–Kier alpha value is -1.75. The third kappa shape index (κ3) is 3.61. The fourth-order valence-electron chi connectivity index (χ4n) is 1.75. The Bertz CT molecular complexity index is 540. The van der Waals surface area contributed by atoms with Crippen LogP contribution in [0.1, 0.15) is 19.2 Å². The lowest BCUT2D eigenvalue weighted by atomic mass is 10.2. The first-order valence-electron chi connectivity index (χ1n) is 6.31. The molecule has 19 heavy (non-hydrogen) atoms. The van der Waals surface area contributed by atoms with Gasteiger partial charge in [-0.3, -0.25) is 0 Å². The maximum absolute atomic E-state index is 13.1. The third-order valence-corrected chi connectivity index (χ3v) is 2.75. The van der Waals surface area contributed by atoms with E-state index < -0.39 is 11.6 Å². The summed E-state index contributed by atoms with van der Waals surface area (Å²) in [5.41, 5.74) is 0.490. The Kier molecular flexibility index (Phi) is 4.63. The number of rotatable bonds is 6. The Morgan fingerprint density at radius 2 is 2.11 bits per heavy atom. The van der Waals surface area contributed by atoms with Crippen molar-refractivity contribution in [3.63, 3.8) is 0 Å². The highest BCUT2D eigenvalue weighted by atomic mass is 19.2. The molecule has 0 radical (unpaired) electrons. The van der Waals surface area contributed by atoms with E-state index in [0.717, 1.165) is 38.1 Å². The third-order valence-electron chi connectivity index (χ3n) is 2.75. The monoisotopic (exact) mass is 266 g/mol. The second kappa shape index (κ2) is 6.43. The van der Waals surface area contributed by atoms with Crippen LogP contribution in [0.15, 0.2) is 28.8 Å². The number of aryl methyl sites for hydroxylation is 1. The van der Waals surface area contributed by atoms with E-state index in [9.17, 15) is 8.78 Å². The molecule has 1 N–H and O–H groups in total. The molecule has 2 rings (SSSR count). The molecule has 0 aliphatic heterocycles. The zero-order chi connectivity index (χ0) is 13.7. The number of nitrogens with zero attached hydrogens (tertiary/aromatic N) is 1. The quantitative estimate of drug-likeness (QED) is 0.816. The summed E-state index contributed by atoms with van der Waals surface area (Å²) < 4.78 is 31.5. The second-order valence-electron chi connectivity index (χ2n) is 4.20. The molecule has 0 aliphatic rings. The first-order valence-corrected chi connectivity index (χ1v) is 6.31. The van der Waals surface area contributed by atoms with Crippen molar-refractivity contribution in [1.82, 2.24) is 10.3 Å². The molecule has 2 aromatic rings. The van der Waals surface area contributed by atoms with Gasteiger partial charge in [0.2, 0.25) is 0 Å². The standard InChI is InChI=1S/C14H16F2N2O/c1-2-17-7-3-4-14-18-9-13(19-14)10-5-6-11(15)12(16)8-10/h5-6,8-9,17H,2-4,7H2,1H3. The molecule has 1 aromatic carbocycles. The Labute approximate surface area is 110 Å². The Morgan fingerprint density at radius 1 is 1.26 bits per heavy atom. The molecule has 0 atom stereocenters. The first kappa shape index (κ1) is 13.7.